The zero-order chi connectivity index (χ0) is 19.5. The summed E-state index contributed by atoms with van der Waals surface area (Å²) in [4.78, 5) is 0. The van der Waals surface area contributed by atoms with Gasteiger partial charge in [0.2, 0.25) is 0 Å². The molecule has 0 saturated carbocycles. The smallest absolute Gasteiger partial charge is 0.261 e. The van der Waals surface area contributed by atoms with E-state index >= 15 is 0 Å². The first-order valence-corrected chi connectivity index (χ1v) is 11.6. The fraction of sp³-hybridized carbons (Fsp3) is 0.280. The second-order valence-electron chi connectivity index (χ2n) is 8.32. The van der Waals surface area contributed by atoms with Crippen molar-refractivity contribution in [3.63, 3.8) is 0 Å². The molecule has 0 amide bonds. The van der Waals surface area contributed by atoms with Gasteiger partial charge < -0.3 is 4.43 Å². The molecule has 0 spiro atoms. The fourth-order valence-electron chi connectivity index (χ4n) is 4.02. The van der Waals surface area contributed by atoms with Crippen molar-refractivity contribution in [3.05, 3.63) is 95.6 Å². The number of hydrogen-bond donors (Lipinski definition) is 0. The van der Waals surface area contributed by atoms with Gasteiger partial charge in [-0.05, 0) is 45.9 Å². The normalized spacial score (nSPS) is 12.2. The van der Waals surface area contributed by atoms with E-state index in [1.165, 1.54) is 27.1 Å². The van der Waals surface area contributed by atoms with Crippen molar-refractivity contribution in [2.45, 2.75) is 46.3 Å². The minimum Gasteiger partial charge on any atom is -0.403 e. The molecule has 2 heteroatoms. The quantitative estimate of drug-likeness (QED) is 0.545. The summed E-state index contributed by atoms with van der Waals surface area (Å²) in [5.74, 6) is 0. The van der Waals surface area contributed by atoms with Gasteiger partial charge in [-0.3, -0.25) is 0 Å². The van der Waals surface area contributed by atoms with Gasteiger partial charge in [0.05, 0.1) is 6.61 Å². The van der Waals surface area contributed by atoms with Gasteiger partial charge in [0.1, 0.15) is 0 Å². The van der Waals surface area contributed by atoms with Crippen LogP contribution in [-0.4, -0.2) is 8.32 Å². The third-order valence-electron chi connectivity index (χ3n) is 5.49. The van der Waals surface area contributed by atoms with Crippen molar-refractivity contribution >= 4 is 18.7 Å². The predicted molar refractivity (Wildman–Crippen MR) is 118 cm³/mol. The summed E-state index contributed by atoms with van der Waals surface area (Å²) in [6, 6.07) is 28.2. The monoisotopic (exact) mass is 374 g/mol. The first kappa shape index (κ1) is 19.6. The largest absolute Gasteiger partial charge is 0.403 e. The maximum atomic E-state index is 7.05. The van der Waals surface area contributed by atoms with E-state index in [1.54, 1.807) is 0 Å². The molecule has 0 fully saturated rings. The predicted octanol–water partition coefficient (Wildman–Crippen LogP) is 5.38. The minimum atomic E-state index is -2.48. The molecule has 0 aromatic heterocycles. The molecule has 0 N–H and O–H groups in total. The summed E-state index contributed by atoms with van der Waals surface area (Å²) >= 11 is 0. The Balaban J connectivity index is 2.15. The summed E-state index contributed by atoms with van der Waals surface area (Å²) in [5, 5.41) is 2.66. The van der Waals surface area contributed by atoms with Crippen LogP contribution < -0.4 is 10.4 Å². The van der Waals surface area contributed by atoms with Gasteiger partial charge in [0, 0.05) is 0 Å². The van der Waals surface area contributed by atoms with Gasteiger partial charge >= 0.3 is 0 Å². The Hall–Kier alpha value is -2.16. The molecule has 0 atom stereocenters. The molecule has 0 heterocycles. The molecular weight excluding hydrogens is 344 g/mol. The van der Waals surface area contributed by atoms with Crippen LogP contribution in [-0.2, 0) is 11.0 Å². The van der Waals surface area contributed by atoms with Crippen LogP contribution in [0, 0.1) is 13.8 Å². The molecule has 3 aromatic rings. The Kier molecular flexibility index (Phi) is 5.68. The molecule has 3 rings (SSSR count). The van der Waals surface area contributed by atoms with E-state index in [0.29, 0.717) is 6.61 Å². The minimum absolute atomic E-state index is 0.00625. The van der Waals surface area contributed by atoms with E-state index in [4.69, 9.17) is 4.43 Å². The van der Waals surface area contributed by atoms with E-state index in [-0.39, 0.29) is 5.04 Å². The van der Waals surface area contributed by atoms with E-state index in [1.807, 2.05) is 0 Å². The van der Waals surface area contributed by atoms with Crippen LogP contribution in [0.4, 0.5) is 0 Å². The zero-order valence-corrected chi connectivity index (χ0v) is 18.1. The van der Waals surface area contributed by atoms with Gasteiger partial charge in [-0.2, -0.15) is 0 Å². The van der Waals surface area contributed by atoms with Crippen molar-refractivity contribution in [1.29, 1.82) is 0 Å². The summed E-state index contributed by atoms with van der Waals surface area (Å²) in [6.45, 7) is 12.0. The first-order chi connectivity index (χ1) is 12.9. The lowest BCUT2D eigenvalue weighted by atomic mass is 10.0. The Morgan fingerprint density at radius 3 is 1.52 bits per heavy atom. The Bertz CT molecular complexity index is 819. The number of rotatable bonds is 5. The molecule has 0 radical (unpaired) electrons. The van der Waals surface area contributed by atoms with Crippen molar-refractivity contribution in [1.82, 2.24) is 0 Å². The molecule has 0 saturated heterocycles. The maximum absolute atomic E-state index is 7.05. The summed E-state index contributed by atoms with van der Waals surface area (Å²) in [7, 11) is -2.48. The van der Waals surface area contributed by atoms with Crippen molar-refractivity contribution in [3.8, 4) is 0 Å². The lowest BCUT2D eigenvalue weighted by Crippen LogP contribution is -2.66. The maximum Gasteiger partial charge on any atom is 0.261 e. The van der Waals surface area contributed by atoms with Gasteiger partial charge in [-0.25, -0.2) is 0 Å². The fourth-order valence-corrected chi connectivity index (χ4v) is 8.53. The van der Waals surface area contributed by atoms with E-state index < -0.39 is 8.32 Å². The van der Waals surface area contributed by atoms with Crippen LogP contribution in [0.15, 0.2) is 78.9 Å². The van der Waals surface area contributed by atoms with Gasteiger partial charge in [-0.1, -0.05) is 99.6 Å². The highest BCUT2D eigenvalue weighted by Gasteiger charge is 2.50. The molecule has 27 heavy (non-hydrogen) atoms. The Labute approximate surface area is 165 Å². The third-order valence-corrected chi connectivity index (χ3v) is 10.5. The van der Waals surface area contributed by atoms with Crippen LogP contribution >= 0.6 is 0 Å². The van der Waals surface area contributed by atoms with Crippen LogP contribution in [0.3, 0.4) is 0 Å². The Morgan fingerprint density at radius 1 is 0.667 bits per heavy atom. The zero-order valence-electron chi connectivity index (χ0n) is 17.1. The molecule has 1 nitrogen and oxygen atoms in total. The van der Waals surface area contributed by atoms with Gasteiger partial charge in [-0.15, -0.1) is 0 Å². The molecule has 3 aromatic carbocycles. The van der Waals surface area contributed by atoms with E-state index in [2.05, 4.69) is 113 Å². The Morgan fingerprint density at radius 2 is 1.11 bits per heavy atom. The topological polar surface area (TPSA) is 9.23 Å². The van der Waals surface area contributed by atoms with Crippen molar-refractivity contribution in [2.75, 3.05) is 0 Å². The van der Waals surface area contributed by atoms with E-state index in [0.717, 1.165) is 0 Å². The standard InChI is InChI=1S/C25H30OSi/c1-20-13-12-14-21(2)24(20)19-26-27(25(3,4)5,22-15-8-6-9-16-22)23-17-10-7-11-18-23/h6-18H,19H2,1-5H3. The van der Waals surface area contributed by atoms with Crippen LogP contribution in [0.25, 0.3) is 0 Å². The van der Waals surface area contributed by atoms with Crippen molar-refractivity contribution < 1.29 is 4.43 Å². The lowest BCUT2D eigenvalue weighted by molar-refractivity contribution is 0.285. The molecule has 0 aliphatic carbocycles. The molecule has 0 aliphatic rings. The molecular formula is C25H30OSi. The second kappa shape index (κ2) is 7.83. The van der Waals surface area contributed by atoms with Crippen LogP contribution in [0.1, 0.15) is 37.5 Å². The number of hydrogen-bond acceptors (Lipinski definition) is 1. The molecule has 0 bridgehead atoms. The number of aryl methyl sites for hydroxylation is 2. The van der Waals surface area contributed by atoms with Crippen molar-refractivity contribution in [2.24, 2.45) is 0 Å². The first-order valence-electron chi connectivity index (χ1n) is 9.66. The highest BCUT2D eigenvalue weighted by molar-refractivity contribution is 6.99. The van der Waals surface area contributed by atoms with Gasteiger partial charge in [0.15, 0.2) is 0 Å². The molecule has 0 aliphatic heterocycles. The molecule has 0 unspecified atom stereocenters. The van der Waals surface area contributed by atoms with Crippen LogP contribution in [0.5, 0.6) is 0 Å². The highest BCUT2D eigenvalue weighted by Crippen LogP contribution is 2.37. The molecule has 140 valence electrons. The van der Waals surface area contributed by atoms with Gasteiger partial charge in [0.25, 0.3) is 8.32 Å². The highest BCUT2D eigenvalue weighted by atomic mass is 28.4. The second-order valence-corrected chi connectivity index (χ2v) is 12.6. The summed E-state index contributed by atoms with van der Waals surface area (Å²) < 4.78 is 7.05. The van der Waals surface area contributed by atoms with Crippen LogP contribution in [0.2, 0.25) is 5.04 Å². The summed E-state index contributed by atoms with van der Waals surface area (Å²) in [6.07, 6.45) is 0. The SMILES string of the molecule is Cc1cccc(C)c1CO[Si](c1ccccc1)(c1ccccc1)C(C)(C)C. The average Bonchev–Trinajstić information content (AvgIpc) is 2.65. The third kappa shape index (κ3) is 3.78. The average molecular weight is 375 g/mol. The van der Waals surface area contributed by atoms with E-state index in [9.17, 15) is 0 Å². The lowest BCUT2D eigenvalue weighted by Gasteiger charge is -2.43. The summed E-state index contributed by atoms with van der Waals surface area (Å²) in [5.41, 5.74) is 3.91. The number of benzene rings is 3.